The van der Waals surface area contributed by atoms with Gasteiger partial charge in [0.1, 0.15) is 11.5 Å². The Morgan fingerprint density at radius 2 is 1.79 bits per heavy atom. The van der Waals surface area contributed by atoms with Gasteiger partial charge in [0, 0.05) is 25.2 Å². The van der Waals surface area contributed by atoms with Crippen molar-refractivity contribution in [2.45, 2.75) is 19.5 Å². The minimum atomic E-state index is -0.325. The van der Waals surface area contributed by atoms with E-state index in [9.17, 15) is 9.59 Å². The Hall–Kier alpha value is -4.50. The van der Waals surface area contributed by atoms with Gasteiger partial charge in [-0.15, -0.1) is 0 Å². The molecule has 0 saturated heterocycles. The molecular weight excluding hydrogens is 518 g/mol. The Morgan fingerprint density at radius 3 is 2.49 bits per heavy atom. The molecule has 2 N–H and O–H groups in total. The molecule has 1 aromatic heterocycles. The predicted octanol–water partition coefficient (Wildman–Crippen LogP) is 5.11. The van der Waals surface area contributed by atoms with Crippen LogP contribution < -0.4 is 25.7 Å². The number of rotatable bonds is 7. The number of fused-ring (bicyclic) bond motifs is 1. The Labute approximate surface area is 231 Å². The predicted molar refractivity (Wildman–Crippen MR) is 151 cm³/mol. The third-order valence-electron chi connectivity index (χ3n) is 6.54. The largest absolute Gasteiger partial charge is 0.497 e. The first-order chi connectivity index (χ1) is 19.0. The second-order valence-corrected chi connectivity index (χ2v) is 9.40. The summed E-state index contributed by atoms with van der Waals surface area (Å²) in [5, 5.41) is 6.58. The molecule has 4 aromatic rings. The average molecular weight is 546 g/mol. The normalized spacial score (nSPS) is 12.4. The van der Waals surface area contributed by atoms with Crippen LogP contribution in [0.25, 0.3) is 5.69 Å². The molecule has 39 heavy (non-hydrogen) atoms. The number of hydrogen-bond acceptors (Lipinski definition) is 6. The number of aromatic nitrogens is 2. The van der Waals surface area contributed by atoms with Gasteiger partial charge in [-0.2, -0.15) is 0 Å². The summed E-state index contributed by atoms with van der Waals surface area (Å²) in [5.41, 5.74) is 3.19. The molecule has 0 fully saturated rings. The molecule has 0 spiro atoms. The van der Waals surface area contributed by atoms with Crippen LogP contribution in [0.3, 0.4) is 0 Å². The van der Waals surface area contributed by atoms with E-state index in [-0.39, 0.29) is 18.1 Å². The van der Waals surface area contributed by atoms with E-state index in [2.05, 4.69) is 10.6 Å². The number of hydrogen-bond donors (Lipinski definition) is 2. The Morgan fingerprint density at radius 1 is 1.03 bits per heavy atom. The molecule has 9 nitrogen and oxygen atoms in total. The number of nitrogens with one attached hydrogen (secondary N) is 2. The molecule has 3 aromatic carbocycles. The Balaban J connectivity index is 1.41. The van der Waals surface area contributed by atoms with Crippen LogP contribution in [0, 0.1) is 0 Å². The molecule has 5 rings (SSSR count). The standard InChI is InChI=1S/C29H28ClN5O4/c1-38-22-11-8-19(9-12-22)17-31-28-33-25-14-15-34(29(37)32-20-10-13-26(39-2)24(30)16-20)18-23(25)27(36)35(28)21-6-4-3-5-7-21/h3-13,16H,14-15,17-18H2,1-2H3,(H,31,33)(H,32,37). The van der Waals surface area contributed by atoms with Gasteiger partial charge in [-0.3, -0.25) is 4.79 Å². The first-order valence-electron chi connectivity index (χ1n) is 12.4. The summed E-state index contributed by atoms with van der Waals surface area (Å²) < 4.78 is 12.0. The summed E-state index contributed by atoms with van der Waals surface area (Å²) >= 11 is 6.20. The summed E-state index contributed by atoms with van der Waals surface area (Å²) in [4.78, 5) is 33.4. The number of ether oxygens (including phenoxy) is 2. The Bertz CT molecular complexity index is 1540. The topological polar surface area (TPSA) is 97.7 Å². The van der Waals surface area contributed by atoms with Gasteiger partial charge in [-0.25, -0.2) is 14.3 Å². The lowest BCUT2D eigenvalue weighted by molar-refractivity contribution is 0.205. The van der Waals surface area contributed by atoms with Gasteiger partial charge in [-0.05, 0) is 48.0 Å². The number of methoxy groups -OCH3 is 2. The third kappa shape index (κ3) is 5.68. The van der Waals surface area contributed by atoms with E-state index in [4.69, 9.17) is 26.1 Å². The molecule has 1 aliphatic rings. The SMILES string of the molecule is COc1ccc(CNc2nc3c(c(=O)n2-c2ccccc2)CN(C(=O)Nc2ccc(OC)c(Cl)c2)CC3)cc1. The van der Waals surface area contributed by atoms with Crippen molar-refractivity contribution in [2.24, 2.45) is 0 Å². The van der Waals surface area contributed by atoms with E-state index < -0.39 is 0 Å². The highest BCUT2D eigenvalue weighted by Crippen LogP contribution is 2.28. The molecule has 1 aliphatic heterocycles. The quantitative estimate of drug-likeness (QED) is 0.335. The monoisotopic (exact) mass is 545 g/mol. The number of carbonyl (C=O) groups is 1. The number of benzene rings is 3. The number of nitrogens with zero attached hydrogens (tertiary/aromatic N) is 3. The number of para-hydroxylation sites is 1. The second kappa shape index (κ2) is 11.5. The van der Waals surface area contributed by atoms with E-state index in [1.807, 2.05) is 54.6 Å². The zero-order valence-corrected chi connectivity index (χ0v) is 22.4. The lowest BCUT2D eigenvalue weighted by Crippen LogP contribution is -2.43. The highest BCUT2D eigenvalue weighted by Gasteiger charge is 2.27. The number of amides is 2. The minimum absolute atomic E-state index is 0.141. The van der Waals surface area contributed by atoms with Crippen molar-refractivity contribution in [3.63, 3.8) is 0 Å². The molecule has 0 bridgehead atoms. The van der Waals surface area contributed by atoms with Crippen molar-refractivity contribution >= 4 is 29.3 Å². The van der Waals surface area contributed by atoms with Crippen molar-refractivity contribution in [3.8, 4) is 17.2 Å². The summed E-state index contributed by atoms with van der Waals surface area (Å²) in [6.45, 7) is 1.03. The van der Waals surface area contributed by atoms with Crippen molar-refractivity contribution in [1.29, 1.82) is 0 Å². The van der Waals surface area contributed by atoms with Crippen molar-refractivity contribution in [1.82, 2.24) is 14.5 Å². The lowest BCUT2D eigenvalue weighted by atomic mass is 10.1. The highest BCUT2D eigenvalue weighted by molar-refractivity contribution is 6.32. The highest BCUT2D eigenvalue weighted by atomic mass is 35.5. The number of halogens is 1. The third-order valence-corrected chi connectivity index (χ3v) is 6.84. The maximum absolute atomic E-state index is 13.8. The maximum atomic E-state index is 13.8. The van der Waals surface area contributed by atoms with Gasteiger partial charge < -0.3 is 25.0 Å². The average Bonchev–Trinajstić information content (AvgIpc) is 2.97. The molecule has 200 valence electrons. The van der Waals surface area contributed by atoms with Crippen molar-refractivity contribution in [2.75, 3.05) is 31.4 Å². The number of carbonyl (C=O) groups excluding carboxylic acids is 1. The summed E-state index contributed by atoms with van der Waals surface area (Å²) in [5.74, 6) is 1.74. The van der Waals surface area contributed by atoms with Crippen molar-refractivity contribution in [3.05, 3.63) is 105 Å². The zero-order chi connectivity index (χ0) is 27.4. The lowest BCUT2D eigenvalue weighted by Gasteiger charge is -2.29. The van der Waals surface area contributed by atoms with Crippen LogP contribution in [0.1, 0.15) is 16.8 Å². The maximum Gasteiger partial charge on any atom is 0.322 e. The molecule has 10 heteroatoms. The van der Waals surface area contributed by atoms with Crippen LogP contribution in [-0.4, -0.2) is 41.2 Å². The minimum Gasteiger partial charge on any atom is -0.497 e. The summed E-state index contributed by atoms with van der Waals surface area (Å²) in [7, 11) is 3.16. The zero-order valence-electron chi connectivity index (χ0n) is 21.6. The first-order valence-corrected chi connectivity index (χ1v) is 12.8. The fraction of sp³-hybridized carbons (Fsp3) is 0.207. The fourth-order valence-corrected chi connectivity index (χ4v) is 4.71. The Kier molecular flexibility index (Phi) is 7.69. The number of urea groups is 1. The van der Waals surface area contributed by atoms with E-state index in [1.54, 1.807) is 34.8 Å². The van der Waals surface area contributed by atoms with E-state index in [0.29, 0.717) is 58.9 Å². The smallest absolute Gasteiger partial charge is 0.322 e. The van der Waals surface area contributed by atoms with Gasteiger partial charge in [0.25, 0.3) is 5.56 Å². The molecule has 0 unspecified atom stereocenters. The molecule has 0 aliphatic carbocycles. The van der Waals surface area contributed by atoms with Crippen LogP contribution >= 0.6 is 11.6 Å². The second-order valence-electron chi connectivity index (χ2n) is 8.99. The van der Waals surface area contributed by atoms with Crippen LogP contribution in [0.2, 0.25) is 5.02 Å². The van der Waals surface area contributed by atoms with Gasteiger partial charge in [0.2, 0.25) is 5.95 Å². The first kappa shape index (κ1) is 26.1. The van der Waals surface area contributed by atoms with Crippen LogP contribution in [0.4, 0.5) is 16.4 Å². The van der Waals surface area contributed by atoms with Gasteiger partial charge >= 0.3 is 6.03 Å². The summed E-state index contributed by atoms with van der Waals surface area (Å²) in [6.07, 6.45) is 0.453. The van der Waals surface area contributed by atoms with E-state index >= 15 is 0 Å². The van der Waals surface area contributed by atoms with Crippen molar-refractivity contribution < 1.29 is 14.3 Å². The fourth-order valence-electron chi connectivity index (χ4n) is 4.46. The molecular formula is C29H28ClN5O4. The van der Waals surface area contributed by atoms with Gasteiger partial charge in [0.05, 0.1) is 42.7 Å². The molecule has 2 heterocycles. The summed E-state index contributed by atoms with van der Waals surface area (Å²) in [6, 6.07) is 21.7. The van der Waals surface area contributed by atoms with Crippen LogP contribution in [-0.2, 0) is 19.5 Å². The molecule has 0 atom stereocenters. The van der Waals surface area contributed by atoms with Crippen LogP contribution in [0.15, 0.2) is 77.6 Å². The van der Waals surface area contributed by atoms with Gasteiger partial charge in [0.15, 0.2) is 0 Å². The molecule has 0 saturated carbocycles. The van der Waals surface area contributed by atoms with Gasteiger partial charge in [-0.1, -0.05) is 41.9 Å². The number of anilines is 2. The van der Waals surface area contributed by atoms with E-state index in [1.165, 1.54) is 7.11 Å². The van der Waals surface area contributed by atoms with E-state index in [0.717, 1.165) is 11.3 Å². The van der Waals surface area contributed by atoms with Crippen LogP contribution in [0.5, 0.6) is 11.5 Å². The molecule has 0 radical (unpaired) electrons. The molecule has 2 amide bonds.